The van der Waals surface area contributed by atoms with Gasteiger partial charge in [-0.1, -0.05) is 109 Å². The maximum atomic E-state index is 12.9. The Kier molecular flexibility index (Phi) is 30.8. The van der Waals surface area contributed by atoms with Gasteiger partial charge in [-0.25, -0.2) is 0 Å². The van der Waals surface area contributed by atoms with Gasteiger partial charge in [-0.3, -0.25) is 18.9 Å². The molecule has 67 heavy (non-hydrogen) atoms. The molecule has 0 radical (unpaired) electrons. The van der Waals surface area contributed by atoms with Crippen LogP contribution in [0.15, 0.2) is 16.6 Å². The number of furan rings is 1. The Hall–Kier alpha value is -2.42. The van der Waals surface area contributed by atoms with Gasteiger partial charge in [0.05, 0.1) is 46.1 Å². The fourth-order valence-corrected chi connectivity index (χ4v) is 9.26. The highest BCUT2D eigenvalue weighted by Gasteiger charge is 2.41. The molecule has 1 unspecified atom stereocenters. The van der Waals surface area contributed by atoms with Crippen molar-refractivity contribution in [2.75, 3.05) is 47.5 Å². The second-order valence-corrected chi connectivity index (χ2v) is 21.5. The number of carbonyl (C=O) groups excluding carboxylic acids is 3. The van der Waals surface area contributed by atoms with E-state index in [9.17, 15) is 39.2 Å². The SMILES string of the molecule is CCCCCc1oc(CCCCCCCCCCCCC(=O)O[C@H](COC(=O)CCCCC(=O)C[C@@H]2[C@@H](/C=C/[C@@H](O)CCCCC)[C@H](O)C[C@@H]2O)COP(=O)([O-])OCC[N+](C)(C)C)c(C)c1C. The van der Waals surface area contributed by atoms with Crippen molar-refractivity contribution >= 4 is 25.5 Å². The van der Waals surface area contributed by atoms with Crippen LogP contribution in [-0.4, -0.2) is 109 Å². The van der Waals surface area contributed by atoms with E-state index >= 15 is 0 Å². The topological polar surface area (TPSA) is 202 Å². The predicted molar refractivity (Wildman–Crippen MR) is 260 cm³/mol. The van der Waals surface area contributed by atoms with E-state index < -0.39 is 69.2 Å². The van der Waals surface area contributed by atoms with Gasteiger partial charge in [0.25, 0.3) is 7.82 Å². The number of esters is 2. The highest BCUT2D eigenvalue weighted by molar-refractivity contribution is 7.45. The first-order valence-electron chi connectivity index (χ1n) is 25.9. The standard InChI is InChI=1S/C52H92NO13P/c1-8-10-20-26-42(54)32-33-45-46(48(57)37-47(45)56)36-43(55)27-24-25-30-51(58)62-38-44(39-64-67(60,61)63-35-34-53(5,6)7)65-52(59)31-23-19-17-15-13-12-14-16-18-22-29-50-41(4)40(3)49(66-50)28-21-11-9-2/h32-33,42,44-48,54,56-57H,8-31,34-39H2,1-7H3/b33-32+/t42-,44+,45+,46+,47+,48-/m0/s1. The molecule has 0 spiro atoms. The lowest BCUT2D eigenvalue weighted by Gasteiger charge is -2.28. The Balaban J connectivity index is 1.71. The van der Waals surface area contributed by atoms with Gasteiger partial charge in [0, 0.05) is 56.8 Å². The van der Waals surface area contributed by atoms with Crippen LogP contribution < -0.4 is 4.89 Å². The molecule has 1 saturated carbocycles. The summed E-state index contributed by atoms with van der Waals surface area (Å²) in [6, 6.07) is 0. The third-order valence-electron chi connectivity index (χ3n) is 13.0. The molecule has 1 aliphatic carbocycles. The average molecular weight is 970 g/mol. The maximum Gasteiger partial charge on any atom is 0.306 e. The number of ketones is 1. The summed E-state index contributed by atoms with van der Waals surface area (Å²) in [6.45, 7) is 8.02. The summed E-state index contributed by atoms with van der Waals surface area (Å²) >= 11 is 0. The fraction of sp³-hybridized carbons (Fsp3) is 0.827. The number of ether oxygens (including phenoxy) is 2. The number of aliphatic hydroxyl groups excluding tert-OH is 3. The Morgan fingerprint density at radius 2 is 1.28 bits per heavy atom. The summed E-state index contributed by atoms with van der Waals surface area (Å²) in [4.78, 5) is 50.9. The highest BCUT2D eigenvalue weighted by atomic mass is 31.2. The van der Waals surface area contributed by atoms with Crippen molar-refractivity contribution in [2.45, 2.75) is 219 Å². The van der Waals surface area contributed by atoms with Crippen molar-refractivity contribution < 1.29 is 66.6 Å². The van der Waals surface area contributed by atoms with E-state index in [1.54, 1.807) is 12.2 Å². The van der Waals surface area contributed by atoms with Gasteiger partial charge in [0.1, 0.15) is 37.1 Å². The second kappa shape index (κ2) is 34.0. The molecule has 15 heteroatoms. The summed E-state index contributed by atoms with van der Waals surface area (Å²) in [5, 5.41) is 31.4. The molecule has 0 saturated heterocycles. The number of aliphatic hydroxyl groups is 3. The van der Waals surface area contributed by atoms with Gasteiger partial charge in [0.15, 0.2) is 6.10 Å². The minimum Gasteiger partial charge on any atom is -0.756 e. The van der Waals surface area contributed by atoms with E-state index in [1.165, 1.54) is 61.8 Å². The van der Waals surface area contributed by atoms with Crippen LogP contribution in [0.3, 0.4) is 0 Å². The third kappa shape index (κ3) is 27.5. The number of likely N-dealkylation sites (N-methyl/N-ethyl adjacent to an activating group) is 1. The Morgan fingerprint density at radius 3 is 1.90 bits per heavy atom. The van der Waals surface area contributed by atoms with E-state index in [1.807, 2.05) is 21.1 Å². The molecule has 7 atom stereocenters. The van der Waals surface area contributed by atoms with E-state index in [0.717, 1.165) is 70.0 Å². The first-order chi connectivity index (χ1) is 31.9. The van der Waals surface area contributed by atoms with Crippen LogP contribution >= 0.6 is 7.82 Å². The Bertz CT molecular complexity index is 1610. The number of rotatable bonds is 40. The second-order valence-electron chi connectivity index (χ2n) is 20.1. The zero-order valence-corrected chi connectivity index (χ0v) is 43.5. The summed E-state index contributed by atoms with van der Waals surface area (Å²) < 4.78 is 40.2. The molecule has 388 valence electrons. The molecule has 2 rings (SSSR count). The average Bonchev–Trinajstić information content (AvgIpc) is 3.69. The van der Waals surface area contributed by atoms with Crippen LogP contribution in [0.4, 0.5) is 0 Å². The number of phosphoric ester groups is 1. The number of unbranched alkanes of at least 4 members (excludes halogenated alkanes) is 14. The van der Waals surface area contributed by atoms with Crippen molar-refractivity contribution in [3.8, 4) is 0 Å². The van der Waals surface area contributed by atoms with E-state index in [2.05, 4.69) is 27.7 Å². The van der Waals surface area contributed by atoms with Crippen LogP contribution in [0.1, 0.15) is 191 Å². The predicted octanol–water partition coefficient (Wildman–Crippen LogP) is 9.50. The van der Waals surface area contributed by atoms with E-state index in [-0.39, 0.29) is 44.5 Å². The Labute approximate surface area is 404 Å². The lowest BCUT2D eigenvalue weighted by molar-refractivity contribution is -0.870. The van der Waals surface area contributed by atoms with Crippen molar-refractivity contribution in [3.63, 3.8) is 0 Å². The largest absolute Gasteiger partial charge is 0.756 e. The molecule has 1 aromatic rings. The molecule has 3 N–H and O–H groups in total. The molecule has 0 bridgehead atoms. The number of hydrogen-bond acceptors (Lipinski definition) is 13. The summed E-state index contributed by atoms with van der Waals surface area (Å²) in [7, 11) is 0.950. The molecular weight excluding hydrogens is 878 g/mol. The van der Waals surface area contributed by atoms with Crippen molar-refractivity contribution in [3.05, 3.63) is 34.8 Å². The molecule has 0 aliphatic heterocycles. The lowest BCUT2D eigenvalue weighted by atomic mass is 9.87. The van der Waals surface area contributed by atoms with E-state index in [0.29, 0.717) is 36.7 Å². The first-order valence-corrected chi connectivity index (χ1v) is 27.4. The summed E-state index contributed by atoms with van der Waals surface area (Å²) in [6.07, 6.45) is 21.1. The van der Waals surface area contributed by atoms with Crippen molar-refractivity contribution in [2.24, 2.45) is 11.8 Å². The number of phosphoric acid groups is 1. The minimum absolute atomic E-state index is 0.0136. The monoisotopic (exact) mass is 970 g/mol. The van der Waals surface area contributed by atoms with Crippen LogP contribution in [0, 0.1) is 25.7 Å². The number of nitrogens with zero attached hydrogens (tertiary/aromatic N) is 1. The highest BCUT2D eigenvalue weighted by Crippen LogP contribution is 2.39. The van der Waals surface area contributed by atoms with Crippen LogP contribution in [0.5, 0.6) is 0 Å². The minimum atomic E-state index is -4.73. The number of Topliss-reactive ketones (excluding diaryl/α,β-unsaturated/α-hetero) is 1. The summed E-state index contributed by atoms with van der Waals surface area (Å²) in [5.41, 5.74) is 2.65. The van der Waals surface area contributed by atoms with Gasteiger partial charge in [0.2, 0.25) is 0 Å². The molecule has 0 aromatic carbocycles. The zero-order valence-electron chi connectivity index (χ0n) is 42.7. The zero-order chi connectivity index (χ0) is 49.7. The van der Waals surface area contributed by atoms with Gasteiger partial charge in [-0.15, -0.1) is 0 Å². The van der Waals surface area contributed by atoms with Gasteiger partial charge in [-0.05, 0) is 63.5 Å². The lowest BCUT2D eigenvalue weighted by Crippen LogP contribution is -2.37. The van der Waals surface area contributed by atoms with Crippen molar-refractivity contribution in [1.82, 2.24) is 0 Å². The number of carbonyl (C=O) groups is 3. The Morgan fingerprint density at radius 1 is 0.746 bits per heavy atom. The molecular formula is C52H92NO13P. The summed E-state index contributed by atoms with van der Waals surface area (Å²) in [5.74, 6) is 0.206. The van der Waals surface area contributed by atoms with Crippen LogP contribution in [0.25, 0.3) is 0 Å². The first kappa shape index (κ1) is 60.7. The number of hydrogen-bond donors (Lipinski definition) is 3. The van der Waals surface area contributed by atoms with Gasteiger partial charge in [-0.2, -0.15) is 0 Å². The van der Waals surface area contributed by atoms with Crippen LogP contribution in [0.2, 0.25) is 0 Å². The maximum absolute atomic E-state index is 12.9. The van der Waals surface area contributed by atoms with Gasteiger partial charge >= 0.3 is 11.9 Å². The third-order valence-corrected chi connectivity index (χ3v) is 13.9. The molecule has 1 heterocycles. The quantitative estimate of drug-likeness (QED) is 0.0185. The van der Waals surface area contributed by atoms with E-state index in [4.69, 9.17) is 22.9 Å². The van der Waals surface area contributed by atoms with Gasteiger partial charge < -0.3 is 47.6 Å². The molecule has 1 aliphatic rings. The molecule has 1 fully saturated rings. The molecule has 1 aromatic heterocycles. The number of quaternary nitrogens is 1. The fourth-order valence-electron chi connectivity index (χ4n) is 8.54. The smallest absolute Gasteiger partial charge is 0.306 e. The number of aryl methyl sites for hydroxylation is 2. The van der Waals surface area contributed by atoms with Crippen molar-refractivity contribution in [1.29, 1.82) is 0 Å². The molecule has 0 amide bonds. The van der Waals surface area contributed by atoms with Crippen LogP contribution in [-0.2, 0) is 50.3 Å². The normalized spacial score (nSPS) is 19.4. The molecule has 14 nitrogen and oxygen atoms in total.